The topological polar surface area (TPSA) is 64.3 Å². The van der Waals surface area contributed by atoms with E-state index >= 15 is 0 Å². The van der Waals surface area contributed by atoms with E-state index in [1.807, 2.05) is 16.8 Å². The van der Waals surface area contributed by atoms with Crippen LogP contribution in [0.3, 0.4) is 0 Å². The fourth-order valence-electron chi connectivity index (χ4n) is 1.02. The fraction of sp³-hybridized carbons (Fsp3) is 0.444. The molecule has 1 aromatic heterocycles. The maximum atomic E-state index is 11.4. The van der Waals surface area contributed by atoms with Gasteiger partial charge < -0.3 is 15.8 Å². The van der Waals surface area contributed by atoms with E-state index in [-0.39, 0.29) is 24.4 Å². The molecule has 1 amide bonds. The van der Waals surface area contributed by atoms with Crippen molar-refractivity contribution < 1.29 is 9.53 Å². The van der Waals surface area contributed by atoms with Crippen LogP contribution in [0.1, 0.15) is 6.42 Å². The van der Waals surface area contributed by atoms with Crippen LogP contribution in [0.2, 0.25) is 0 Å². The number of ether oxygens (including phenoxy) is 1. The Morgan fingerprint density at radius 3 is 2.93 bits per heavy atom. The third-order valence-electron chi connectivity index (χ3n) is 1.81. The molecule has 0 aliphatic carbocycles. The molecule has 1 unspecified atom stereocenters. The Morgan fingerprint density at radius 1 is 1.73 bits per heavy atom. The molecule has 4 nitrogen and oxygen atoms in total. The maximum Gasteiger partial charge on any atom is 0.227 e. The van der Waals surface area contributed by atoms with Crippen molar-refractivity contribution in [3.05, 3.63) is 16.8 Å². The first-order chi connectivity index (χ1) is 6.76. The summed E-state index contributed by atoms with van der Waals surface area (Å²) in [7, 11) is 1.55. The van der Waals surface area contributed by atoms with Gasteiger partial charge in [0.25, 0.3) is 0 Å². The van der Waals surface area contributed by atoms with Gasteiger partial charge in [-0.05, 0) is 11.4 Å². The van der Waals surface area contributed by atoms with E-state index in [0.29, 0.717) is 13.0 Å². The minimum atomic E-state index is -0.200. The number of rotatable bonds is 5. The van der Waals surface area contributed by atoms with Crippen molar-refractivity contribution in [2.24, 2.45) is 5.73 Å². The first kappa shape index (κ1) is 14.4. The molecule has 15 heavy (non-hydrogen) atoms. The maximum absolute atomic E-state index is 11.4. The number of carbonyl (C=O) groups is 1. The zero-order valence-corrected chi connectivity index (χ0v) is 10.1. The van der Waals surface area contributed by atoms with Crippen molar-refractivity contribution in [1.82, 2.24) is 0 Å². The molecule has 0 aromatic carbocycles. The summed E-state index contributed by atoms with van der Waals surface area (Å²) in [6.45, 7) is 0.355. The summed E-state index contributed by atoms with van der Waals surface area (Å²) in [6, 6.07) is 1.85. The summed E-state index contributed by atoms with van der Waals surface area (Å²) in [5.41, 5.74) is 6.23. The quantitative estimate of drug-likeness (QED) is 0.832. The molecule has 6 heteroatoms. The van der Waals surface area contributed by atoms with Gasteiger partial charge in [-0.15, -0.1) is 12.4 Å². The predicted octanol–water partition coefficient (Wildman–Crippen LogP) is 1.47. The average molecular weight is 251 g/mol. The van der Waals surface area contributed by atoms with Gasteiger partial charge in [-0.2, -0.15) is 11.3 Å². The molecule has 0 fully saturated rings. The second-order valence-electron chi connectivity index (χ2n) is 2.86. The lowest BCUT2D eigenvalue weighted by Gasteiger charge is -2.11. The largest absolute Gasteiger partial charge is 0.380 e. The van der Waals surface area contributed by atoms with Gasteiger partial charge in [0.2, 0.25) is 5.91 Å². The zero-order chi connectivity index (χ0) is 10.4. The highest BCUT2D eigenvalue weighted by Crippen LogP contribution is 2.12. The molecule has 86 valence electrons. The molecule has 0 saturated heterocycles. The summed E-state index contributed by atoms with van der Waals surface area (Å²) < 4.78 is 5.01. The van der Waals surface area contributed by atoms with Crippen LogP contribution in [0.15, 0.2) is 16.8 Å². The van der Waals surface area contributed by atoms with Crippen LogP contribution < -0.4 is 11.1 Å². The fourth-order valence-corrected chi connectivity index (χ4v) is 1.61. The van der Waals surface area contributed by atoms with Crippen LogP contribution in [-0.4, -0.2) is 25.7 Å². The number of nitrogens with one attached hydrogen (secondary N) is 1. The van der Waals surface area contributed by atoms with E-state index < -0.39 is 0 Å². The van der Waals surface area contributed by atoms with E-state index in [9.17, 15) is 4.79 Å². The number of anilines is 1. The van der Waals surface area contributed by atoms with Gasteiger partial charge in [0.15, 0.2) is 0 Å². The van der Waals surface area contributed by atoms with E-state index in [2.05, 4.69) is 5.32 Å². The number of carbonyl (C=O) groups excluding carboxylic acids is 1. The Labute approximate surface area is 99.2 Å². The van der Waals surface area contributed by atoms with Gasteiger partial charge in [-0.3, -0.25) is 4.79 Å². The number of hydrogen-bond donors (Lipinski definition) is 2. The summed E-state index contributed by atoms with van der Waals surface area (Å²) in [4.78, 5) is 11.4. The van der Waals surface area contributed by atoms with Crippen molar-refractivity contribution in [2.75, 3.05) is 19.0 Å². The monoisotopic (exact) mass is 250 g/mol. The Kier molecular flexibility index (Phi) is 7.33. The third kappa shape index (κ3) is 5.13. The van der Waals surface area contributed by atoms with E-state index in [1.165, 1.54) is 0 Å². The first-order valence-corrected chi connectivity index (χ1v) is 5.25. The lowest BCUT2D eigenvalue weighted by atomic mass is 10.2. The number of hydrogen-bond acceptors (Lipinski definition) is 4. The molecule has 1 aromatic rings. The van der Waals surface area contributed by atoms with Crippen LogP contribution in [0.4, 0.5) is 5.69 Å². The molecule has 0 bridgehead atoms. The highest BCUT2D eigenvalue weighted by Gasteiger charge is 2.11. The van der Waals surface area contributed by atoms with Gasteiger partial charge in [-0.1, -0.05) is 0 Å². The molecule has 1 rings (SSSR count). The lowest BCUT2D eigenvalue weighted by Crippen LogP contribution is -2.28. The first-order valence-electron chi connectivity index (χ1n) is 4.31. The van der Waals surface area contributed by atoms with Crippen molar-refractivity contribution in [3.63, 3.8) is 0 Å². The molecule has 0 saturated carbocycles. The van der Waals surface area contributed by atoms with Gasteiger partial charge in [0, 0.05) is 19.0 Å². The standard InChI is InChI=1S/C9H14N2O2S.ClH/c1-13-8(5-10)4-9(12)11-7-2-3-14-6-7;/h2-3,6,8H,4-5,10H2,1H3,(H,11,12);1H. The minimum absolute atomic E-state index is 0. The average Bonchev–Trinajstić information content (AvgIpc) is 2.66. The molecule has 0 radical (unpaired) electrons. The van der Waals surface area contributed by atoms with Crippen molar-refractivity contribution in [3.8, 4) is 0 Å². The van der Waals surface area contributed by atoms with E-state index in [0.717, 1.165) is 5.69 Å². The molecule has 0 aliphatic heterocycles. The molecule has 0 aliphatic rings. The second-order valence-corrected chi connectivity index (χ2v) is 3.64. The van der Waals surface area contributed by atoms with Crippen LogP contribution >= 0.6 is 23.7 Å². The van der Waals surface area contributed by atoms with Crippen LogP contribution in [0, 0.1) is 0 Å². The summed E-state index contributed by atoms with van der Waals surface area (Å²) in [5, 5.41) is 6.54. The van der Waals surface area contributed by atoms with Gasteiger partial charge in [0.1, 0.15) is 0 Å². The normalized spacial score (nSPS) is 11.6. The zero-order valence-electron chi connectivity index (χ0n) is 8.43. The lowest BCUT2D eigenvalue weighted by molar-refractivity contribution is -0.118. The molecular formula is C9H15ClN2O2S. The van der Waals surface area contributed by atoms with Crippen LogP contribution in [-0.2, 0) is 9.53 Å². The summed E-state index contributed by atoms with van der Waals surface area (Å²) in [6.07, 6.45) is 0.0942. The Bertz CT molecular complexity index is 276. The predicted molar refractivity (Wildman–Crippen MR) is 64.7 cm³/mol. The number of thiophene rings is 1. The molecule has 1 atom stereocenters. The molecular weight excluding hydrogens is 236 g/mol. The van der Waals surface area contributed by atoms with E-state index in [1.54, 1.807) is 18.4 Å². The second kappa shape index (κ2) is 7.64. The third-order valence-corrected chi connectivity index (χ3v) is 2.50. The van der Waals surface area contributed by atoms with Gasteiger partial charge in [0.05, 0.1) is 18.2 Å². The van der Waals surface area contributed by atoms with Gasteiger partial charge in [-0.25, -0.2) is 0 Å². The highest BCUT2D eigenvalue weighted by atomic mass is 35.5. The van der Waals surface area contributed by atoms with E-state index in [4.69, 9.17) is 10.5 Å². The Hall–Kier alpha value is -0.620. The highest BCUT2D eigenvalue weighted by molar-refractivity contribution is 7.08. The number of methoxy groups -OCH3 is 1. The number of halogens is 1. The van der Waals surface area contributed by atoms with Gasteiger partial charge >= 0.3 is 0 Å². The SMILES string of the molecule is COC(CN)CC(=O)Nc1ccsc1.Cl. The smallest absolute Gasteiger partial charge is 0.227 e. The van der Waals surface area contributed by atoms with Crippen molar-refractivity contribution in [2.45, 2.75) is 12.5 Å². The molecule has 0 spiro atoms. The minimum Gasteiger partial charge on any atom is -0.380 e. The number of amides is 1. The summed E-state index contributed by atoms with van der Waals surface area (Å²) >= 11 is 1.54. The Morgan fingerprint density at radius 2 is 2.47 bits per heavy atom. The van der Waals surface area contributed by atoms with Crippen molar-refractivity contribution >= 4 is 35.3 Å². The van der Waals surface area contributed by atoms with Crippen LogP contribution in [0.25, 0.3) is 0 Å². The Balaban J connectivity index is 0.00000196. The molecule has 1 heterocycles. The van der Waals surface area contributed by atoms with Crippen molar-refractivity contribution in [1.29, 1.82) is 0 Å². The molecule has 3 N–H and O–H groups in total. The number of nitrogens with two attached hydrogens (primary N) is 1. The summed E-state index contributed by atoms with van der Waals surface area (Å²) in [5.74, 6) is -0.0688. The van der Waals surface area contributed by atoms with Crippen LogP contribution in [0.5, 0.6) is 0 Å².